The van der Waals surface area contributed by atoms with Gasteiger partial charge in [-0.15, -0.1) is 0 Å². The number of nitrogens with zero attached hydrogens (tertiary/aromatic N) is 3. The van der Waals surface area contributed by atoms with Gasteiger partial charge in [-0.2, -0.15) is 0 Å². The number of urea groups is 1. The van der Waals surface area contributed by atoms with E-state index in [2.05, 4.69) is 25.8 Å². The Hall–Kier alpha value is -3.43. The number of nitrogens with one attached hydrogen (secondary N) is 3. The normalized spacial score (nSPS) is 14.5. The van der Waals surface area contributed by atoms with Crippen molar-refractivity contribution in [2.75, 3.05) is 48.8 Å². The number of carbonyl (C=O) groups is 2. The van der Waals surface area contributed by atoms with Gasteiger partial charge in [-0.05, 0) is 36.4 Å². The molecule has 3 aromatic rings. The molecule has 3 amide bonds. The summed E-state index contributed by atoms with van der Waals surface area (Å²) in [6.07, 6.45) is 5.29. The van der Waals surface area contributed by atoms with Gasteiger partial charge in [0.05, 0.1) is 25.4 Å². The highest BCUT2D eigenvalue weighted by Crippen LogP contribution is 2.15. The van der Waals surface area contributed by atoms with Crippen LogP contribution in [0.2, 0.25) is 0 Å². The fourth-order valence-corrected chi connectivity index (χ4v) is 3.09. The Morgan fingerprint density at radius 3 is 2.34 bits per heavy atom. The van der Waals surface area contributed by atoms with Gasteiger partial charge in [-0.1, -0.05) is 0 Å². The average molecular weight is 394 g/mol. The first-order valence-corrected chi connectivity index (χ1v) is 9.36. The number of hydrogen-bond acceptors (Lipinski definition) is 5. The van der Waals surface area contributed by atoms with Crippen LogP contribution in [-0.2, 0) is 9.53 Å². The first kappa shape index (κ1) is 18.9. The summed E-state index contributed by atoms with van der Waals surface area (Å²) in [6, 6.07) is 10.2. The Morgan fingerprint density at radius 1 is 0.931 bits per heavy atom. The van der Waals surface area contributed by atoms with Crippen molar-refractivity contribution < 1.29 is 14.3 Å². The molecular formula is C20H22N6O3. The second-order valence-electron chi connectivity index (χ2n) is 6.70. The number of carbonyl (C=O) groups excluding carboxylic acids is 2. The lowest BCUT2D eigenvalue weighted by Gasteiger charge is -2.25. The van der Waals surface area contributed by atoms with E-state index in [0.29, 0.717) is 36.8 Å². The fraction of sp³-hybridized carbons (Fsp3) is 0.250. The third kappa shape index (κ3) is 5.09. The molecule has 9 heteroatoms. The van der Waals surface area contributed by atoms with Gasteiger partial charge in [0.15, 0.2) is 0 Å². The molecule has 150 valence electrons. The molecule has 0 spiro atoms. The number of pyridine rings is 1. The summed E-state index contributed by atoms with van der Waals surface area (Å²) in [4.78, 5) is 30.6. The van der Waals surface area contributed by atoms with E-state index in [1.165, 1.54) is 0 Å². The van der Waals surface area contributed by atoms with Crippen LogP contribution in [0.25, 0.3) is 5.65 Å². The molecule has 1 saturated heterocycles. The highest BCUT2D eigenvalue weighted by atomic mass is 16.5. The zero-order valence-corrected chi connectivity index (χ0v) is 15.8. The molecule has 0 saturated carbocycles. The summed E-state index contributed by atoms with van der Waals surface area (Å²) >= 11 is 0. The number of amides is 3. The minimum absolute atomic E-state index is 0.0692. The lowest BCUT2D eigenvalue weighted by atomic mass is 10.2. The monoisotopic (exact) mass is 394 g/mol. The van der Waals surface area contributed by atoms with Crippen LogP contribution in [-0.4, -0.2) is 59.1 Å². The van der Waals surface area contributed by atoms with Crippen LogP contribution in [0, 0.1) is 0 Å². The molecule has 0 radical (unpaired) electrons. The molecule has 9 nitrogen and oxygen atoms in total. The van der Waals surface area contributed by atoms with Gasteiger partial charge in [-0.3, -0.25) is 9.69 Å². The van der Waals surface area contributed by atoms with Crippen LogP contribution in [0.4, 0.5) is 21.9 Å². The molecule has 29 heavy (non-hydrogen) atoms. The van der Waals surface area contributed by atoms with Crippen LogP contribution in [0.3, 0.4) is 0 Å². The van der Waals surface area contributed by atoms with E-state index in [1.807, 2.05) is 16.7 Å². The van der Waals surface area contributed by atoms with Crippen molar-refractivity contribution in [1.82, 2.24) is 14.3 Å². The molecule has 0 atom stereocenters. The van der Waals surface area contributed by atoms with Crippen LogP contribution in [0.1, 0.15) is 0 Å². The number of fused-ring (bicyclic) bond motifs is 1. The topological polar surface area (TPSA) is 100 Å². The molecule has 3 N–H and O–H groups in total. The van der Waals surface area contributed by atoms with Gasteiger partial charge in [0, 0.05) is 43.1 Å². The van der Waals surface area contributed by atoms with Crippen molar-refractivity contribution in [2.24, 2.45) is 0 Å². The Morgan fingerprint density at radius 2 is 1.59 bits per heavy atom. The number of anilines is 3. The van der Waals surface area contributed by atoms with Crippen LogP contribution >= 0.6 is 0 Å². The maximum absolute atomic E-state index is 12.2. The van der Waals surface area contributed by atoms with Crippen LogP contribution in [0.15, 0.2) is 55.0 Å². The zero-order chi connectivity index (χ0) is 20.1. The molecule has 1 fully saturated rings. The number of hydrogen-bond donors (Lipinski definition) is 3. The lowest BCUT2D eigenvalue weighted by molar-refractivity contribution is -0.118. The largest absolute Gasteiger partial charge is 0.379 e. The van der Waals surface area contributed by atoms with Crippen molar-refractivity contribution >= 4 is 34.6 Å². The summed E-state index contributed by atoms with van der Waals surface area (Å²) in [6.45, 7) is 3.18. The predicted octanol–water partition coefficient (Wildman–Crippen LogP) is 2.25. The molecular weight excluding hydrogens is 372 g/mol. The van der Waals surface area contributed by atoms with Gasteiger partial charge >= 0.3 is 6.03 Å². The van der Waals surface area contributed by atoms with E-state index >= 15 is 0 Å². The second kappa shape index (κ2) is 8.72. The molecule has 3 heterocycles. The zero-order valence-electron chi connectivity index (χ0n) is 15.8. The summed E-state index contributed by atoms with van der Waals surface area (Å²) < 4.78 is 7.10. The molecule has 1 aliphatic heterocycles. The average Bonchev–Trinajstić information content (AvgIpc) is 3.18. The molecule has 0 bridgehead atoms. The number of aromatic nitrogens is 2. The van der Waals surface area contributed by atoms with E-state index in [1.54, 1.807) is 42.7 Å². The van der Waals surface area contributed by atoms with E-state index in [4.69, 9.17) is 4.74 Å². The first-order valence-electron chi connectivity index (χ1n) is 9.36. The smallest absolute Gasteiger partial charge is 0.323 e. The van der Waals surface area contributed by atoms with E-state index in [0.717, 1.165) is 18.7 Å². The number of imidazole rings is 1. The quantitative estimate of drug-likeness (QED) is 0.616. The number of morpholine rings is 1. The maximum Gasteiger partial charge on any atom is 0.323 e. The minimum Gasteiger partial charge on any atom is -0.379 e. The summed E-state index contributed by atoms with van der Waals surface area (Å²) in [5.74, 6) is -0.0692. The number of rotatable bonds is 5. The van der Waals surface area contributed by atoms with Crippen molar-refractivity contribution in [3.05, 3.63) is 55.0 Å². The summed E-state index contributed by atoms with van der Waals surface area (Å²) in [7, 11) is 0. The minimum atomic E-state index is -0.353. The van der Waals surface area contributed by atoms with Gasteiger partial charge < -0.3 is 25.1 Å². The van der Waals surface area contributed by atoms with Crippen molar-refractivity contribution in [3.8, 4) is 0 Å². The Balaban J connectivity index is 1.28. The molecule has 2 aromatic heterocycles. The summed E-state index contributed by atoms with van der Waals surface area (Å²) in [5.41, 5.74) is 2.76. The standard InChI is InChI=1S/C20H22N6O3/c27-19(14-25-9-11-29-12-10-25)22-15-1-3-16(4-2-15)23-20(28)24-17-5-6-18-21-7-8-26(18)13-17/h1-8,13H,9-12,14H2,(H,22,27)(H2,23,24,28). The Labute approximate surface area is 167 Å². The van der Waals surface area contributed by atoms with Crippen molar-refractivity contribution in [3.63, 3.8) is 0 Å². The third-order valence-corrected chi connectivity index (χ3v) is 4.54. The number of benzene rings is 1. The number of ether oxygens (including phenoxy) is 1. The molecule has 1 aromatic carbocycles. The van der Waals surface area contributed by atoms with Gasteiger partial charge in [0.2, 0.25) is 5.91 Å². The predicted molar refractivity (Wildman–Crippen MR) is 110 cm³/mol. The first-order chi connectivity index (χ1) is 14.2. The lowest BCUT2D eigenvalue weighted by Crippen LogP contribution is -2.41. The van der Waals surface area contributed by atoms with E-state index in [-0.39, 0.29) is 11.9 Å². The highest BCUT2D eigenvalue weighted by molar-refractivity contribution is 6.00. The van der Waals surface area contributed by atoms with Gasteiger partial charge in [0.1, 0.15) is 5.65 Å². The van der Waals surface area contributed by atoms with Crippen LogP contribution in [0.5, 0.6) is 0 Å². The SMILES string of the molecule is O=C(CN1CCOCC1)Nc1ccc(NC(=O)Nc2ccc3nccn3c2)cc1. The van der Waals surface area contributed by atoms with Crippen molar-refractivity contribution in [1.29, 1.82) is 0 Å². The Kier molecular flexibility index (Phi) is 5.68. The Bertz CT molecular complexity index is 995. The van der Waals surface area contributed by atoms with Crippen molar-refractivity contribution in [2.45, 2.75) is 0 Å². The van der Waals surface area contributed by atoms with Crippen LogP contribution < -0.4 is 16.0 Å². The van der Waals surface area contributed by atoms with E-state index < -0.39 is 0 Å². The highest BCUT2D eigenvalue weighted by Gasteiger charge is 2.14. The summed E-state index contributed by atoms with van der Waals surface area (Å²) in [5, 5.41) is 8.41. The van der Waals surface area contributed by atoms with E-state index in [9.17, 15) is 9.59 Å². The maximum atomic E-state index is 12.2. The molecule has 4 rings (SSSR count). The second-order valence-corrected chi connectivity index (χ2v) is 6.70. The van der Waals surface area contributed by atoms with Gasteiger partial charge in [0.25, 0.3) is 0 Å². The molecule has 0 unspecified atom stereocenters. The van der Waals surface area contributed by atoms with Gasteiger partial charge in [-0.25, -0.2) is 9.78 Å². The third-order valence-electron chi connectivity index (χ3n) is 4.54. The fourth-order valence-electron chi connectivity index (χ4n) is 3.09. The molecule has 0 aliphatic carbocycles. The molecule has 1 aliphatic rings.